The van der Waals surface area contributed by atoms with Gasteiger partial charge < -0.3 is 15.3 Å². The van der Waals surface area contributed by atoms with Crippen LogP contribution in [0.1, 0.15) is 11.8 Å². The molecule has 3 N–H and O–H groups in total. The van der Waals surface area contributed by atoms with Crippen LogP contribution in [0.5, 0.6) is 0 Å². The molecule has 0 aliphatic carbocycles. The van der Waals surface area contributed by atoms with Gasteiger partial charge in [-0.2, -0.15) is 4.39 Å². The van der Waals surface area contributed by atoms with Gasteiger partial charge in [0, 0.05) is 6.07 Å². The number of nitrogens with two attached hydrogens (primary N) is 1. The number of aliphatic hydroxyl groups is 1. The van der Waals surface area contributed by atoms with Crippen molar-refractivity contribution in [3.05, 3.63) is 23.9 Å². The molecule has 0 bridgehead atoms. The van der Waals surface area contributed by atoms with Gasteiger partial charge in [-0.1, -0.05) is 0 Å². The van der Waals surface area contributed by atoms with E-state index in [-0.39, 0.29) is 12.4 Å². The van der Waals surface area contributed by atoms with E-state index >= 15 is 0 Å². The summed E-state index contributed by atoms with van der Waals surface area (Å²) >= 11 is 0. The minimum atomic E-state index is -0.682. The Hall–Kier alpha value is -0.870. The Balaban J connectivity index is 2.74. The summed E-state index contributed by atoms with van der Waals surface area (Å²) in [5, 5.41) is 8.49. The van der Waals surface area contributed by atoms with Crippen LogP contribution in [0.25, 0.3) is 0 Å². The Morgan fingerprint density at radius 3 is 2.80 bits per heavy atom. The molecule has 1 aromatic rings. The van der Waals surface area contributed by atoms with Gasteiger partial charge in [0.2, 0.25) is 0 Å². The molecule has 0 aliphatic heterocycles. The highest BCUT2D eigenvalue weighted by molar-refractivity contribution is 5.04. The fraction of sp³-hybridized carbons (Fsp3) is 0.333. The number of furan rings is 1. The van der Waals surface area contributed by atoms with Crippen LogP contribution in [0.3, 0.4) is 0 Å². The Morgan fingerprint density at radius 2 is 2.40 bits per heavy atom. The third kappa shape index (κ3) is 1.34. The molecular formula is C6H8FNO2. The van der Waals surface area contributed by atoms with Gasteiger partial charge >= 0.3 is 0 Å². The summed E-state index contributed by atoms with van der Waals surface area (Å²) in [6, 6.07) is 1.25. The van der Waals surface area contributed by atoms with E-state index in [1.807, 2.05) is 0 Å². The molecule has 0 aliphatic rings. The molecule has 56 valence electrons. The fourth-order valence-electron chi connectivity index (χ4n) is 0.618. The van der Waals surface area contributed by atoms with Gasteiger partial charge in [-0.05, 0) is 6.07 Å². The summed E-state index contributed by atoms with van der Waals surface area (Å²) in [7, 11) is 0. The van der Waals surface area contributed by atoms with Gasteiger partial charge in [0.15, 0.2) is 0 Å². The molecule has 0 aromatic carbocycles. The average molecular weight is 145 g/mol. The van der Waals surface area contributed by atoms with Gasteiger partial charge in [0.05, 0.1) is 12.6 Å². The zero-order valence-corrected chi connectivity index (χ0v) is 5.25. The Bertz CT molecular complexity index is 211. The largest absolute Gasteiger partial charge is 0.434 e. The standard InChI is InChI=1S/C6H8FNO2/c7-6-2-1-5(10-6)4(8)3-9/h1-2,4,9H,3,8H2. The molecule has 1 aromatic heterocycles. The number of aliphatic hydroxyl groups excluding tert-OH is 1. The highest BCUT2D eigenvalue weighted by atomic mass is 19.1. The van der Waals surface area contributed by atoms with Crippen molar-refractivity contribution in [2.45, 2.75) is 6.04 Å². The third-order valence-corrected chi connectivity index (χ3v) is 1.16. The van der Waals surface area contributed by atoms with Crippen LogP contribution in [0.2, 0.25) is 0 Å². The molecule has 0 fully saturated rings. The van der Waals surface area contributed by atoms with E-state index in [2.05, 4.69) is 4.42 Å². The van der Waals surface area contributed by atoms with Gasteiger partial charge in [0.25, 0.3) is 6.01 Å². The molecule has 3 nitrogen and oxygen atoms in total. The van der Waals surface area contributed by atoms with Crippen molar-refractivity contribution in [3.63, 3.8) is 0 Å². The van der Waals surface area contributed by atoms with Crippen LogP contribution in [0.4, 0.5) is 4.39 Å². The summed E-state index contributed by atoms with van der Waals surface area (Å²) < 4.78 is 16.6. The minimum absolute atomic E-state index is 0.243. The molecular weight excluding hydrogens is 137 g/mol. The lowest BCUT2D eigenvalue weighted by Crippen LogP contribution is -2.13. The van der Waals surface area contributed by atoms with Crippen molar-refractivity contribution in [2.24, 2.45) is 5.73 Å². The van der Waals surface area contributed by atoms with Crippen LogP contribution in [0, 0.1) is 6.01 Å². The molecule has 0 spiro atoms. The lowest BCUT2D eigenvalue weighted by atomic mass is 10.2. The van der Waals surface area contributed by atoms with Gasteiger partial charge in [-0.25, -0.2) is 0 Å². The zero-order chi connectivity index (χ0) is 7.56. The van der Waals surface area contributed by atoms with Crippen molar-refractivity contribution in [1.29, 1.82) is 0 Å². The third-order valence-electron chi connectivity index (χ3n) is 1.16. The van der Waals surface area contributed by atoms with E-state index in [1.54, 1.807) is 0 Å². The fourth-order valence-corrected chi connectivity index (χ4v) is 0.618. The highest BCUT2D eigenvalue weighted by Gasteiger charge is 2.08. The SMILES string of the molecule is NC(CO)c1ccc(F)o1. The molecule has 0 radical (unpaired) electrons. The van der Waals surface area contributed by atoms with Crippen molar-refractivity contribution in [2.75, 3.05) is 6.61 Å². The van der Waals surface area contributed by atoms with Crippen LogP contribution in [-0.2, 0) is 0 Å². The van der Waals surface area contributed by atoms with E-state index < -0.39 is 12.1 Å². The van der Waals surface area contributed by atoms with E-state index in [0.29, 0.717) is 0 Å². The summed E-state index contributed by atoms with van der Waals surface area (Å²) in [5.74, 6) is 0.264. The van der Waals surface area contributed by atoms with Crippen molar-refractivity contribution >= 4 is 0 Å². The number of hydrogen-bond acceptors (Lipinski definition) is 3. The first-order valence-electron chi connectivity index (χ1n) is 2.85. The van der Waals surface area contributed by atoms with E-state index in [1.165, 1.54) is 6.07 Å². The van der Waals surface area contributed by atoms with E-state index in [0.717, 1.165) is 6.07 Å². The van der Waals surface area contributed by atoms with E-state index in [4.69, 9.17) is 10.8 Å². The summed E-state index contributed by atoms with van der Waals surface area (Å²) in [6.07, 6.45) is 0. The summed E-state index contributed by atoms with van der Waals surface area (Å²) in [5.41, 5.74) is 5.30. The second kappa shape index (κ2) is 2.81. The number of rotatable bonds is 2. The first kappa shape index (κ1) is 7.24. The van der Waals surface area contributed by atoms with Crippen molar-refractivity contribution in [1.82, 2.24) is 0 Å². The van der Waals surface area contributed by atoms with Gasteiger partial charge in [0.1, 0.15) is 5.76 Å². The van der Waals surface area contributed by atoms with Gasteiger partial charge in [-0.15, -0.1) is 0 Å². The Morgan fingerprint density at radius 1 is 1.70 bits per heavy atom. The molecule has 4 heteroatoms. The van der Waals surface area contributed by atoms with Crippen LogP contribution >= 0.6 is 0 Å². The maximum absolute atomic E-state index is 12.1. The smallest absolute Gasteiger partial charge is 0.277 e. The van der Waals surface area contributed by atoms with Crippen LogP contribution in [0.15, 0.2) is 16.5 Å². The Kier molecular flexibility index (Phi) is 2.03. The predicted molar refractivity (Wildman–Crippen MR) is 32.7 cm³/mol. The Labute approximate surface area is 57.3 Å². The molecule has 10 heavy (non-hydrogen) atoms. The molecule has 1 unspecified atom stereocenters. The maximum atomic E-state index is 12.1. The number of hydrogen-bond donors (Lipinski definition) is 2. The molecule has 1 heterocycles. The number of halogens is 1. The monoisotopic (exact) mass is 145 g/mol. The molecule has 1 rings (SSSR count). The second-order valence-corrected chi connectivity index (χ2v) is 1.93. The van der Waals surface area contributed by atoms with Crippen LogP contribution < -0.4 is 5.73 Å². The normalized spacial score (nSPS) is 13.5. The second-order valence-electron chi connectivity index (χ2n) is 1.93. The van der Waals surface area contributed by atoms with Crippen molar-refractivity contribution < 1.29 is 13.9 Å². The van der Waals surface area contributed by atoms with Gasteiger partial charge in [-0.3, -0.25) is 0 Å². The molecule has 0 saturated carbocycles. The highest BCUT2D eigenvalue weighted by Crippen LogP contribution is 2.12. The molecule has 1 atom stereocenters. The maximum Gasteiger partial charge on any atom is 0.277 e. The van der Waals surface area contributed by atoms with Crippen LogP contribution in [-0.4, -0.2) is 11.7 Å². The first-order chi connectivity index (χ1) is 4.74. The molecule has 0 amide bonds. The van der Waals surface area contributed by atoms with E-state index in [9.17, 15) is 4.39 Å². The first-order valence-corrected chi connectivity index (χ1v) is 2.85. The quantitative estimate of drug-likeness (QED) is 0.633. The minimum Gasteiger partial charge on any atom is -0.434 e. The lowest BCUT2D eigenvalue weighted by molar-refractivity contribution is 0.238. The lowest BCUT2D eigenvalue weighted by Gasteiger charge is -2.01. The zero-order valence-electron chi connectivity index (χ0n) is 5.25. The average Bonchev–Trinajstić information content (AvgIpc) is 2.34. The summed E-state index contributed by atoms with van der Waals surface area (Å²) in [6.45, 7) is -0.243. The topological polar surface area (TPSA) is 59.4 Å². The van der Waals surface area contributed by atoms with Crippen molar-refractivity contribution in [3.8, 4) is 0 Å². The predicted octanol–water partition coefficient (Wildman–Crippen LogP) is 0.411. The molecule has 0 saturated heterocycles. The summed E-state index contributed by atoms with van der Waals surface area (Å²) in [4.78, 5) is 0.